The Labute approximate surface area is 131 Å². The van der Waals surface area contributed by atoms with Gasteiger partial charge in [0.15, 0.2) is 5.43 Å². The lowest BCUT2D eigenvalue weighted by Crippen LogP contribution is -2.05. The summed E-state index contributed by atoms with van der Waals surface area (Å²) in [6.45, 7) is 3.30. The third-order valence-corrected chi connectivity index (χ3v) is 3.23. The molecule has 1 heterocycles. The van der Waals surface area contributed by atoms with Crippen molar-refractivity contribution in [3.63, 3.8) is 0 Å². The second-order valence-electron chi connectivity index (χ2n) is 4.78. The van der Waals surface area contributed by atoms with E-state index >= 15 is 0 Å². The third-order valence-electron chi connectivity index (χ3n) is 3.23. The van der Waals surface area contributed by atoms with Crippen LogP contribution in [-0.2, 0) is 4.79 Å². The summed E-state index contributed by atoms with van der Waals surface area (Å²) in [7, 11) is 0. The zero-order chi connectivity index (χ0) is 16.4. The number of hydrogen-bond donors (Lipinski definition) is 1. The van der Waals surface area contributed by atoms with Gasteiger partial charge in [0.25, 0.3) is 0 Å². The van der Waals surface area contributed by atoms with E-state index in [2.05, 4.69) is 6.58 Å². The van der Waals surface area contributed by atoms with E-state index in [-0.39, 0.29) is 27.9 Å². The maximum absolute atomic E-state index is 12.2. The van der Waals surface area contributed by atoms with Crippen LogP contribution in [0.3, 0.4) is 0 Å². The molecule has 0 spiro atoms. The number of ether oxygens (including phenoxy) is 1. The molecule has 2 aromatic carbocycles. The zero-order valence-electron chi connectivity index (χ0n) is 12.0. The van der Waals surface area contributed by atoms with E-state index in [4.69, 9.17) is 9.15 Å². The van der Waals surface area contributed by atoms with Crippen LogP contribution < -0.4 is 10.2 Å². The van der Waals surface area contributed by atoms with Crippen LogP contribution in [0.1, 0.15) is 0 Å². The number of phenols is 1. The van der Waals surface area contributed by atoms with E-state index < -0.39 is 5.97 Å². The number of esters is 1. The van der Waals surface area contributed by atoms with Gasteiger partial charge in [-0.25, -0.2) is 4.79 Å². The Balaban J connectivity index is 2.19. The van der Waals surface area contributed by atoms with E-state index in [1.54, 1.807) is 12.1 Å². The average molecular weight is 308 g/mol. The fourth-order valence-corrected chi connectivity index (χ4v) is 2.20. The molecule has 114 valence electrons. The molecule has 5 heteroatoms. The molecular weight excluding hydrogens is 296 g/mol. The largest absolute Gasteiger partial charge is 0.507 e. The highest BCUT2D eigenvalue weighted by atomic mass is 16.5. The van der Waals surface area contributed by atoms with Crippen molar-refractivity contribution in [2.75, 3.05) is 0 Å². The summed E-state index contributed by atoms with van der Waals surface area (Å²) in [6.07, 6.45) is 0.998. The molecule has 1 aromatic heterocycles. The van der Waals surface area contributed by atoms with E-state index in [0.29, 0.717) is 5.76 Å². The van der Waals surface area contributed by atoms with Crippen molar-refractivity contribution < 1.29 is 19.1 Å². The first-order valence-corrected chi connectivity index (χ1v) is 6.79. The molecule has 0 saturated carbocycles. The first kappa shape index (κ1) is 14.6. The van der Waals surface area contributed by atoms with Crippen LogP contribution in [0.4, 0.5) is 0 Å². The van der Waals surface area contributed by atoms with Gasteiger partial charge in [0.1, 0.15) is 28.2 Å². The molecule has 1 N–H and O–H groups in total. The van der Waals surface area contributed by atoms with Gasteiger partial charge in [0, 0.05) is 29.8 Å². The molecule has 0 fully saturated rings. The highest BCUT2D eigenvalue weighted by Gasteiger charge is 2.13. The zero-order valence-corrected chi connectivity index (χ0v) is 12.0. The van der Waals surface area contributed by atoms with Crippen molar-refractivity contribution in [1.29, 1.82) is 0 Å². The number of carbonyl (C=O) groups excluding carboxylic acids is 1. The van der Waals surface area contributed by atoms with E-state index in [1.165, 1.54) is 18.2 Å². The molecular formula is C18H12O5. The first-order valence-electron chi connectivity index (χ1n) is 6.79. The topological polar surface area (TPSA) is 76.7 Å². The van der Waals surface area contributed by atoms with Crippen LogP contribution in [0.25, 0.3) is 22.3 Å². The minimum Gasteiger partial charge on any atom is -0.507 e. The molecule has 0 aliphatic carbocycles. The number of fused-ring (bicyclic) bond motifs is 1. The molecule has 0 atom stereocenters. The van der Waals surface area contributed by atoms with Gasteiger partial charge in [0.05, 0.1) is 0 Å². The van der Waals surface area contributed by atoms with Gasteiger partial charge < -0.3 is 14.3 Å². The van der Waals surface area contributed by atoms with E-state index in [0.717, 1.165) is 11.6 Å². The summed E-state index contributed by atoms with van der Waals surface area (Å²) in [5.74, 6) is -0.573. The number of carbonyl (C=O) groups is 1. The van der Waals surface area contributed by atoms with Crippen molar-refractivity contribution in [2.45, 2.75) is 0 Å². The minimum absolute atomic E-state index is 0.0306. The van der Waals surface area contributed by atoms with Crippen LogP contribution in [0.15, 0.2) is 70.4 Å². The van der Waals surface area contributed by atoms with Gasteiger partial charge in [-0.3, -0.25) is 4.79 Å². The van der Waals surface area contributed by atoms with Gasteiger partial charge in [-0.05, 0) is 0 Å². The lowest BCUT2D eigenvalue weighted by Gasteiger charge is -2.07. The normalized spacial score (nSPS) is 10.4. The van der Waals surface area contributed by atoms with Crippen LogP contribution in [0, 0.1) is 0 Å². The Kier molecular flexibility index (Phi) is 3.68. The summed E-state index contributed by atoms with van der Waals surface area (Å²) in [5.41, 5.74) is 0.465. The van der Waals surface area contributed by atoms with Crippen molar-refractivity contribution in [3.8, 4) is 22.8 Å². The molecule has 5 nitrogen and oxygen atoms in total. The standard InChI is InChI=1S/C18H12O5/c1-2-17(21)22-12-8-13(19)18-14(20)10-15(23-16(18)9-12)11-6-4-3-5-7-11/h2-10,19H,1H2. The third kappa shape index (κ3) is 2.85. The van der Waals surface area contributed by atoms with Gasteiger partial charge in [0.2, 0.25) is 0 Å². The summed E-state index contributed by atoms with van der Waals surface area (Å²) in [6, 6.07) is 13.0. The van der Waals surface area contributed by atoms with E-state index in [9.17, 15) is 14.7 Å². The van der Waals surface area contributed by atoms with Crippen molar-refractivity contribution >= 4 is 16.9 Å². The van der Waals surface area contributed by atoms with Crippen LogP contribution >= 0.6 is 0 Å². The Bertz CT molecular complexity index is 954. The van der Waals surface area contributed by atoms with Crippen molar-refractivity contribution in [1.82, 2.24) is 0 Å². The van der Waals surface area contributed by atoms with Crippen LogP contribution in [0.2, 0.25) is 0 Å². The smallest absolute Gasteiger partial charge is 0.335 e. The van der Waals surface area contributed by atoms with Gasteiger partial charge in [-0.15, -0.1) is 0 Å². The Hall–Kier alpha value is -3.34. The molecule has 0 radical (unpaired) electrons. The highest BCUT2D eigenvalue weighted by molar-refractivity contribution is 5.88. The van der Waals surface area contributed by atoms with Gasteiger partial charge >= 0.3 is 5.97 Å². The molecule has 23 heavy (non-hydrogen) atoms. The fourth-order valence-electron chi connectivity index (χ4n) is 2.20. The minimum atomic E-state index is -0.676. The maximum Gasteiger partial charge on any atom is 0.335 e. The number of rotatable bonds is 3. The lowest BCUT2D eigenvalue weighted by atomic mass is 10.1. The maximum atomic E-state index is 12.2. The van der Waals surface area contributed by atoms with Crippen molar-refractivity contribution in [3.05, 3.63) is 71.4 Å². The number of phenolic OH excluding ortho intramolecular Hbond substituents is 1. The summed E-state index contributed by atoms with van der Waals surface area (Å²) >= 11 is 0. The number of hydrogen-bond acceptors (Lipinski definition) is 5. The predicted octanol–water partition coefficient (Wildman–Crippen LogP) is 3.26. The quantitative estimate of drug-likeness (QED) is 0.456. The summed E-state index contributed by atoms with van der Waals surface area (Å²) < 4.78 is 10.6. The number of aromatic hydroxyl groups is 1. The summed E-state index contributed by atoms with van der Waals surface area (Å²) in [4.78, 5) is 23.5. The molecule has 0 saturated heterocycles. The molecule has 0 bridgehead atoms. The molecule has 3 rings (SSSR count). The molecule has 0 aliphatic heterocycles. The monoisotopic (exact) mass is 308 g/mol. The van der Waals surface area contributed by atoms with Crippen LogP contribution in [-0.4, -0.2) is 11.1 Å². The fraction of sp³-hybridized carbons (Fsp3) is 0. The molecule has 0 amide bonds. The Morgan fingerprint density at radius 3 is 2.61 bits per heavy atom. The van der Waals surface area contributed by atoms with Crippen LogP contribution in [0.5, 0.6) is 11.5 Å². The second kappa shape index (κ2) is 5.81. The predicted molar refractivity (Wildman–Crippen MR) is 85.4 cm³/mol. The molecule has 3 aromatic rings. The average Bonchev–Trinajstić information content (AvgIpc) is 2.54. The van der Waals surface area contributed by atoms with Gasteiger partial charge in [-0.2, -0.15) is 0 Å². The summed E-state index contributed by atoms with van der Waals surface area (Å²) in [5, 5.41) is 10.0. The second-order valence-corrected chi connectivity index (χ2v) is 4.78. The Morgan fingerprint density at radius 1 is 1.17 bits per heavy atom. The molecule has 0 unspecified atom stereocenters. The van der Waals surface area contributed by atoms with E-state index in [1.807, 2.05) is 18.2 Å². The highest BCUT2D eigenvalue weighted by Crippen LogP contribution is 2.31. The van der Waals surface area contributed by atoms with Gasteiger partial charge in [-0.1, -0.05) is 36.9 Å². The lowest BCUT2D eigenvalue weighted by molar-refractivity contribution is -0.128. The van der Waals surface area contributed by atoms with Crippen molar-refractivity contribution in [2.24, 2.45) is 0 Å². The Morgan fingerprint density at radius 2 is 1.91 bits per heavy atom. The molecule has 0 aliphatic rings. The first-order chi connectivity index (χ1) is 11.1. The SMILES string of the molecule is C=CC(=O)Oc1cc(O)c2c(=O)cc(-c3ccccc3)oc2c1. The number of benzene rings is 2.